The molecule has 1 saturated carbocycles. The van der Waals surface area contributed by atoms with Crippen LogP contribution in [0.1, 0.15) is 43.7 Å². The van der Waals surface area contributed by atoms with E-state index in [1.54, 1.807) is 14.1 Å². The Labute approximate surface area is 138 Å². The van der Waals surface area contributed by atoms with Gasteiger partial charge in [0.15, 0.2) is 0 Å². The minimum Gasteiger partial charge on any atom is -0.349 e. The normalized spacial score (nSPS) is 15.9. The van der Waals surface area contributed by atoms with Gasteiger partial charge in [0.25, 0.3) is 0 Å². The SMILES string of the molecule is CN(C)C(=O)CCNC(=O)NC(c1ccccc1)C1CCCC1. The van der Waals surface area contributed by atoms with E-state index in [0.29, 0.717) is 18.9 Å². The zero-order chi connectivity index (χ0) is 16.7. The van der Waals surface area contributed by atoms with Crippen molar-refractivity contribution in [1.82, 2.24) is 15.5 Å². The lowest BCUT2D eigenvalue weighted by Crippen LogP contribution is -2.41. The summed E-state index contributed by atoms with van der Waals surface area (Å²) in [6.07, 6.45) is 5.08. The van der Waals surface area contributed by atoms with Crippen molar-refractivity contribution in [2.75, 3.05) is 20.6 Å². The Morgan fingerprint density at radius 1 is 1.17 bits per heavy atom. The molecule has 3 amide bonds. The highest BCUT2D eigenvalue weighted by Crippen LogP contribution is 2.35. The van der Waals surface area contributed by atoms with E-state index in [4.69, 9.17) is 0 Å². The van der Waals surface area contributed by atoms with Crippen LogP contribution < -0.4 is 10.6 Å². The maximum Gasteiger partial charge on any atom is 0.315 e. The van der Waals surface area contributed by atoms with Crippen molar-refractivity contribution >= 4 is 11.9 Å². The van der Waals surface area contributed by atoms with Crippen molar-refractivity contribution in [2.24, 2.45) is 5.92 Å². The van der Waals surface area contributed by atoms with Crippen molar-refractivity contribution < 1.29 is 9.59 Å². The molecule has 5 nitrogen and oxygen atoms in total. The van der Waals surface area contributed by atoms with Crippen molar-refractivity contribution in [3.05, 3.63) is 35.9 Å². The average Bonchev–Trinajstić information content (AvgIpc) is 3.07. The topological polar surface area (TPSA) is 61.4 Å². The minimum absolute atomic E-state index is 0.0145. The number of benzene rings is 1. The summed E-state index contributed by atoms with van der Waals surface area (Å²) in [6, 6.07) is 9.99. The van der Waals surface area contributed by atoms with Crippen LogP contribution in [0.2, 0.25) is 0 Å². The van der Waals surface area contributed by atoms with E-state index < -0.39 is 0 Å². The second-order valence-corrected chi connectivity index (χ2v) is 6.37. The molecule has 0 bridgehead atoms. The molecule has 5 heteroatoms. The van der Waals surface area contributed by atoms with Gasteiger partial charge in [0, 0.05) is 27.1 Å². The Morgan fingerprint density at radius 2 is 1.83 bits per heavy atom. The summed E-state index contributed by atoms with van der Waals surface area (Å²) in [7, 11) is 3.43. The van der Waals surface area contributed by atoms with E-state index in [-0.39, 0.29) is 18.0 Å². The van der Waals surface area contributed by atoms with E-state index in [1.807, 2.05) is 18.2 Å². The molecule has 23 heavy (non-hydrogen) atoms. The van der Waals surface area contributed by atoms with Crippen LogP contribution in [-0.4, -0.2) is 37.5 Å². The van der Waals surface area contributed by atoms with Crippen LogP contribution in [0.5, 0.6) is 0 Å². The smallest absolute Gasteiger partial charge is 0.315 e. The first-order chi connectivity index (χ1) is 11.1. The summed E-state index contributed by atoms with van der Waals surface area (Å²) in [5.41, 5.74) is 1.15. The number of rotatable bonds is 6. The predicted molar refractivity (Wildman–Crippen MR) is 91.0 cm³/mol. The Bertz CT molecular complexity index is 510. The molecule has 0 aromatic heterocycles. The molecule has 0 heterocycles. The summed E-state index contributed by atoms with van der Waals surface area (Å²) in [5, 5.41) is 5.90. The number of carbonyl (C=O) groups excluding carboxylic acids is 2. The van der Waals surface area contributed by atoms with Gasteiger partial charge >= 0.3 is 6.03 Å². The molecule has 0 aliphatic heterocycles. The van der Waals surface area contributed by atoms with Crippen LogP contribution in [0.15, 0.2) is 30.3 Å². The largest absolute Gasteiger partial charge is 0.349 e. The van der Waals surface area contributed by atoms with Crippen molar-refractivity contribution in [3.63, 3.8) is 0 Å². The maximum absolute atomic E-state index is 12.2. The number of amides is 3. The minimum atomic E-state index is -0.197. The second kappa shape index (κ2) is 8.56. The third kappa shape index (κ3) is 5.27. The molecule has 1 fully saturated rings. The van der Waals surface area contributed by atoms with E-state index in [2.05, 4.69) is 22.8 Å². The molecule has 1 atom stereocenters. The standard InChI is InChI=1S/C18H27N3O2/c1-21(2)16(22)12-13-19-18(23)20-17(15-10-6-7-11-15)14-8-4-3-5-9-14/h3-5,8-9,15,17H,6-7,10-13H2,1-2H3,(H2,19,20,23). The first-order valence-electron chi connectivity index (χ1n) is 8.37. The lowest BCUT2D eigenvalue weighted by atomic mass is 9.92. The molecule has 0 radical (unpaired) electrons. The summed E-state index contributed by atoms with van der Waals surface area (Å²) in [5.74, 6) is 0.507. The van der Waals surface area contributed by atoms with Crippen LogP contribution in [0.3, 0.4) is 0 Å². The first-order valence-corrected chi connectivity index (χ1v) is 8.37. The van der Waals surface area contributed by atoms with Crippen LogP contribution in [-0.2, 0) is 4.79 Å². The number of nitrogens with one attached hydrogen (secondary N) is 2. The van der Waals surface area contributed by atoms with Gasteiger partial charge in [-0.15, -0.1) is 0 Å². The molecule has 2 rings (SSSR count). The second-order valence-electron chi connectivity index (χ2n) is 6.37. The molecular formula is C18H27N3O2. The Morgan fingerprint density at radius 3 is 2.43 bits per heavy atom. The highest BCUT2D eigenvalue weighted by atomic mass is 16.2. The Hall–Kier alpha value is -2.04. The molecule has 1 aromatic carbocycles. The third-order valence-electron chi connectivity index (χ3n) is 4.44. The van der Waals surface area contributed by atoms with Gasteiger partial charge in [0.2, 0.25) is 5.91 Å². The van der Waals surface area contributed by atoms with Crippen molar-refractivity contribution in [1.29, 1.82) is 0 Å². The summed E-state index contributed by atoms with van der Waals surface area (Å²) in [4.78, 5) is 25.3. The third-order valence-corrected chi connectivity index (χ3v) is 4.44. The summed E-state index contributed by atoms with van der Waals surface area (Å²) >= 11 is 0. The number of hydrogen-bond acceptors (Lipinski definition) is 2. The fraction of sp³-hybridized carbons (Fsp3) is 0.556. The number of urea groups is 1. The van der Waals surface area contributed by atoms with Gasteiger partial charge < -0.3 is 15.5 Å². The molecule has 1 unspecified atom stereocenters. The predicted octanol–water partition coefficient (Wildman–Crippen LogP) is 2.70. The monoisotopic (exact) mass is 317 g/mol. The maximum atomic E-state index is 12.2. The highest BCUT2D eigenvalue weighted by Gasteiger charge is 2.27. The molecule has 1 aliphatic carbocycles. The van der Waals surface area contributed by atoms with Crippen LogP contribution in [0, 0.1) is 5.92 Å². The Balaban J connectivity index is 1.90. The molecule has 0 saturated heterocycles. The van der Waals surface area contributed by atoms with Crippen molar-refractivity contribution in [3.8, 4) is 0 Å². The summed E-state index contributed by atoms with van der Waals surface area (Å²) < 4.78 is 0. The van der Waals surface area contributed by atoms with E-state index in [0.717, 1.165) is 18.4 Å². The van der Waals surface area contributed by atoms with Gasteiger partial charge in [-0.25, -0.2) is 4.79 Å². The van der Waals surface area contributed by atoms with Gasteiger partial charge in [0.1, 0.15) is 0 Å². The average molecular weight is 317 g/mol. The lowest BCUT2D eigenvalue weighted by Gasteiger charge is -2.25. The van der Waals surface area contributed by atoms with Gasteiger partial charge in [-0.3, -0.25) is 4.79 Å². The van der Waals surface area contributed by atoms with Gasteiger partial charge in [0.05, 0.1) is 6.04 Å². The highest BCUT2D eigenvalue weighted by molar-refractivity contribution is 5.78. The molecule has 2 N–H and O–H groups in total. The lowest BCUT2D eigenvalue weighted by molar-refractivity contribution is -0.128. The number of hydrogen-bond donors (Lipinski definition) is 2. The van der Waals surface area contributed by atoms with E-state index >= 15 is 0 Å². The van der Waals surface area contributed by atoms with Gasteiger partial charge in [-0.05, 0) is 24.3 Å². The first kappa shape index (κ1) is 17.3. The van der Waals surface area contributed by atoms with Gasteiger partial charge in [-0.1, -0.05) is 43.2 Å². The zero-order valence-electron chi connectivity index (χ0n) is 14.0. The van der Waals surface area contributed by atoms with E-state index in [9.17, 15) is 9.59 Å². The molecular weight excluding hydrogens is 290 g/mol. The van der Waals surface area contributed by atoms with Gasteiger partial charge in [-0.2, -0.15) is 0 Å². The molecule has 1 aliphatic rings. The van der Waals surface area contributed by atoms with Crippen LogP contribution in [0.25, 0.3) is 0 Å². The number of carbonyl (C=O) groups is 2. The number of nitrogens with zero attached hydrogens (tertiary/aromatic N) is 1. The molecule has 0 spiro atoms. The zero-order valence-corrected chi connectivity index (χ0v) is 14.0. The van der Waals surface area contributed by atoms with E-state index in [1.165, 1.54) is 17.7 Å². The molecule has 126 valence electrons. The fourth-order valence-electron chi connectivity index (χ4n) is 3.12. The molecule has 1 aromatic rings. The summed E-state index contributed by atoms with van der Waals surface area (Å²) in [6.45, 7) is 0.356. The van der Waals surface area contributed by atoms with Crippen LogP contribution in [0.4, 0.5) is 4.79 Å². The van der Waals surface area contributed by atoms with Crippen molar-refractivity contribution in [2.45, 2.75) is 38.1 Å². The Kier molecular flexibility index (Phi) is 6.44. The quantitative estimate of drug-likeness (QED) is 0.847. The fourth-order valence-corrected chi connectivity index (χ4v) is 3.12. The van der Waals surface area contributed by atoms with Crippen LogP contribution >= 0.6 is 0 Å².